The van der Waals surface area contributed by atoms with Crippen molar-refractivity contribution in [3.63, 3.8) is 0 Å². The first-order valence-corrected chi connectivity index (χ1v) is 8.09. The van der Waals surface area contributed by atoms with Crippen LogP contribution in [0.3, 0.4) is 0 Å². The van der Waals surface area contributed by atoms with Gasteiger partial charge in [0, 0.05) is 45.2 Å². The van der Waals surface area contributed by atoms with E-state index in [2.05, 4.69) is 27.6 Å². The first-order chi connectivity index (χ1) is 10.1. The molecule has 0 spiro atoms. The molecule has 2 N–H and O–H groups in total. The molecule has 0 saturated carbocycles. The lowest BCUT2D eigenvalue weighted by Crippen LogP contribution is -2.48. The maximum atomic E-state index is 11.7. The van der Waals surface area contributed by atoms with Crippen molar-refractivity contribution in [3.05, 3.63) is 0 Å². The standard InChI is InChI=1S/C15H29N5O.HI/c1-4-14(21)20-9-7-12(11-20)18-15(16-2)17-10-13-6-5-8-19(13)3;/h12-13H,4-11H2,1-3H3,(H2,16,17,18);1H. The molecule has 2 fully saturated rings. The van der Waals surface area contributed by atoms with Crippen LogP contribution in [0.5, 0.6) is 0 Å². The Morgan fingerprint density at radius 3 is 2.68 bits per heavy atom. The monoisotopic (exact) mass is 423 g/mol. The van der Waals surface area contributed by atoms with Crippen LogP contribution in [0.4, 0.5) is 0 Å². The normalized spacial score (nSPS) is 26.0. The van der Waals surface area contributed by atoms with E-state index in [9.17, 15) is 4.79 Å². The number of rotatable bonds is 4. The van der Waals surface area contributed by atoms with E-state index < -0.39 is 0 Å². The van der Waals surface area contributed by atoms with Crippen LogP contribution in [0.25, 0.3) is 0 Å². The lowest BCUT2D eigenvalue weighted by atomic mass is 10.2. The Labute approximate surface area is 151 Å². The molecule has 0 aromatic carbocycles. The molecule has 2 rings (SSSR count). The molecule has 2 aliphatic rings. The SMILES string of the molecule is CCC(=O)N1CCC(NC(=NC)NCC2CCCN2C)C1.I. The molecular formula is C15H30IN5O. The summed E-state index contributed by atoms with van der Waals surface area (Å²) in [6.07, 6.45) is 4.12. The smallest absolute Gasteiger partial charge is 0.222 e. The van der Waals surface area contributed by atoms with E-state index in [1.807, 2.05) is 11.8 Å². The first-order valence-electron chi connectivity index (χ1n) is 8.09. The lowest BCUT2D eigenvalue weighted by molar-refractivity contribution is -0.129. The number of likely N-dealkylation sites (tertiary alicyclic amines) is 2. The van der Waals surface area contributed by atoms with Crippen LogP contribution < -0.4 is 10.6 Å². The van der Waals surface area contributed by atoms with Crippen LogP contribution in [0.15, 0.2) is 4.99 Å². The van der Waals surface area contributed by atoms with E-state index in [4.69, 9.17) is 0 Å². The maximum absolute atomic E-state index is 11.7. The molecule has 2 heterocycles. The molecule has 128 valence electrons. The van der Waals surface area contributed by atoms with Crippen molar-refractivity contribution in [3.8, 4) is 0 Å². The van der Waals surface area contributed by atoms with Crippen molar-refractivity contribution < 1.29 is 4.79 Å². The fourth-order valence-corrected chi connectivity index (χ4v) is 3.17. The number of nitrogens with zero attached hydrogens (tertiary/aromatic N) is 3. The largest absolute Gasteiger partial charge is 0.355 e. The van der Waals surface area contributed by atoms with Gasteiger partial charge in [-0.15, -0.1) is 24.0 Å². The van der Waals surface area contributed by atoms with Crippen LogP contribution in [-0.2, 0) is 4.79 Å². The number of carbonyl (C=O) groups is 1. The molecule has 2 aliphatic heterocycles. The first kappa shape index (κ1) is 19.5. The number of hydrogen-bond acceptors (Lipinski definition) is 3. The molecule has 0 aliphatic carbocycles. The van der Waals surface area contributed by atoms with Gasteiger partial charge in [0.2, 0.25) is 5.91 Å². The number of carbonyl (C=O) groups excluding carboxylic acids is 1. The molecule has 0 radical (unpaired) electrons. The summed E-state index contributed by atoms with van der Waals surface area (Å²) < 4.78 is 0. The van der Waals surface area contributed by atoms with Gasteiger partial charge in [0.05, 0.1) is 0 Å². The van der Waals surface area contributed by atoms with Gasteiger partial charge < -0.3 is 20.4 Å². The summed E-state index contributed by atoms with van der Waals surface area (Å²) in [5, 5.41) is 6.86. The Bertz CT molecular complexity index is 390. The highest BCUT2D eigenvalue weighted by atomic mass is 127. The van der Waals surface area contributed by atoms with Crippen LogP contribution in [0, 0.1) is 0 Å². The summed E-state index contributed by atoms with van der Waals surface area (Å²) in [6.45, 7) is 5.68. The molecule has 0 aromatic rings. The van der Waals surface area contributed by atoms with E-state index >= 15 is 0 Å². The van der Waals surface area contributed by atoms with Gasteiger partial charge in [0.25, 0.3) is 0 Å². The third-order valence-corrected chi connectivity index (χ3v) is 4.58. The average Bonchev–Trinajstić information content (AvgIpc) is 3.11. The summed E-state index contributed by atoms with van der Waals surface area (Å²) in [4.78, 5) is 20.3. The summed E-state index contributed by atoms with van der Waals surface area (Å²) in [5.41, 5.74) is 0. The van der Waals surface area contributed by atoms with E-state index in [0.717, 1.165) is 32.0 Å². The third-order valence-electron chi connectivity index (χ3n) is 4.58. The molecule has 2 unspecified atom stereocenters. The Balaban J connectivity index is 0.00000242. The van der Waals surface area contributed by atoms with E-state index in [0.29, 0.717) is 18.5 Å². The Hall–Kier alpha value is -0.570. The summed E-state index contributed by atoms with van der Waals surface area (Å²) >= 11 is 0. The van der Waals surface area contributed by atoms with Gasteiger partial charge in [-0.05, 0) is 32.9 Å². The molecule has 0 bridgehead atoms. The van der Waals surface area contributed by atoms with Gasteiger partial charge in [-0.2, -0.15) is 0 Å². The minimum absolute atomic E-state index is 0. The number of amides is 1. The summed E-state index contributed by atoms with van der Waals surface area (Å²) in [6, 6.07) is 0.915. The minimum Gasteiger partial charge on any atom is -0.355 e. The fourth-order valence-electron chi connectivity index (χ4n) is 3.17. The predicted molar refractivity (Wildman–Crippen MR) is 101 cm³/mol. The number of guanidine groups is 1. The second-order valence-electron chi connectivity index (χ2n) is 6.05. The molecule has 2 atom stereocenters. The zero-order chi connectivity index (χ0) is 15.2. The Morgan fingerprint density at radius 1 is 1.32 bits per heavy atom. The number of aliphatic imine (C=N–C) groups is 1. The topological polar surface area (TPSA) is 60.0 Å². The quantitative estimate of drug-likeness (QED) is 0.401. The Morgan fingerprint density at radius 2 is 2.09 bits per heavy atom. The third kappa shape index (κ3) is 5.26. The van der Waals surface area contributed by atoms with Crippen LogP contribution >= 0.6 is 24.0 Å². The molecular weight excluding hydrogens is 393 g/mol. The minimum atomic E-state index is 0. The molecule has 6 nitrogen and oxygen atoms in total. The Kier molecular flexibility index (Phi) is 8.45. The molecule has 22 heavy (non-hydrogen) atoms. The van der Waals surface area contributed by atoms with E-state index in [1.54, 1.807) is 7.05 Å². The second kappa shape index (κ2) is 9.54. The van der Waals surface area contributed by atoms with Crippen molar-refractivity contribution >= 4 is 35.8 Å². The highest BCUT2D eigenvalue weighted by molar-refractivity contribution is 14.0. The van der Waals surface area contributed by atoms with Crippen molar-refractivity contribution in [2.75, 3.05) is 40.3 Å². The molecule has 7 heteroatoms. The van der Waals surface area contributed by atoms with Gasteiger partial charge in [0.15, 0.2) is 5.96 Å². The molecule has 2 saturated heterocycles. The zero-order valence-electron chi connectivity index (χ0n) is 14.0. The predicted octanol–water partition coefficient (Wildman–Crippen LogP) is 0.875. The maximum Gasteiger partial charge on any atom is 0.222 e. The van der Waals surface area contributed by atoms with Gasteiger partial charge in [0.1, 0.15) is 0 Å². The van der Waals surface area contributed by atoms with Crippen molar-refractivity contribution in [1.82, 2.24) is 20.4 Å². The number of nitrogens with one attached hydrogen (secondary N) is 2. The van der Waals surface area contributed by atoms with Crippen molar-refractivity contribution in [2.24, 2.45) is 4.99 Å². The van der Waals surface area contributed by atoms with Crippen molar-refractivity contribution in [2.45, 2.75) is 44.7 Å². The van der Waals surface area contributed by atoms with E-state index in [-0.39, 0.29) is 29.9 Å². The highest BCUT2D eigenvalue weighted by Crippen LogP contribution is 2.13. The zero-order valence-corrected chi connectivity index (χ0v) is 16.3. The van der Waals surface area contributed by atoms with Crippen molar-refractivity contribution in [1.29, 1.82) is 0 Å². The van der Waals surface area contributed by atoms with Crippen LogP contribution in [0.1, 0.15) is 32.6 Å². The molecule has 1 amide bonds. The van der Waals surface area contributed by atoms with Gasteiger partial charge in [-0.3, -0.25) is 9.79 Å². The summed E-state index contributed by atoms with van der Waals surface area (Å²) in [5.74, 6) is 1.10. The highest BCUT2D eigenvalue weighted by Gasteiger charge is 2.26. The van der Waals surface area contributed by atoms with Gasteiger partial charge >= 0.3 is 0 Å². The number of hydrogen-bond donors (Lipinski definition) is 2. The number of likely N-dealkylation sites (N-methyl/N-ethyl adjacent to an activating group) is 1. The molecule has 0 aromatic heterocycles. The second-order valence-corrected chi connectivity index (χ2v) is 6.05. The average molecular weight is 423 g/mol. The summed E-state index contributed by atoms with van der Waals surface area (Å²) in [7, 11) is 3.98. The van der Waals surface area contributed by atoms with Crippen LogP contribution in [-0.4, -0.2) is 74.0 Å². The van der Waals surface area contributed by atoms with Crippen LogP contribution in [0.2, 0.25) is 0 Å². The fraction of sp³-hybridized carbons (Fsp3) is 0.867. The lowest BCUT2D eigenvalue weighted by Gasteiger charge is -2.23. The van der Waals surface area contributed by atoms with E-state index in [1.165, 1.54) is 19.4 Å². The van der Waals surface area contributed by atoms with Gasteiger partial charge in [-0.1, -0.05) is 6.92 Å². The number of halogens is 1. The van der Waals surface area contributed by atoms with Gasteiger partial charge in [-0.25, -0.2) is 0 Å².